The Morgan fingerprint density at radius 2 is 1.86 bits per heavy atom. The fraction of sp³-hybridized carbons (Fsp3) is 0.636. The molecule has 29 heavy (non-hydrogen) atoms. The minimum absolute atomic E-state index is 0.0412. The van der Waals surface area contributed by atoms with Crippen molar-refractivity contribution in [1.29, 1.82) is 0 Å². The Labute approximate surface area is 170 Å². The van der Waals surface area contributed by atoms with Gasteiger partial charge in [-0.05, 0) is 49.7 Å². The zero-order chi connectivity index (χ0) is 20.4. The van der Waals surface area contributed by atoms with Crippen LogP contribution in [0.3, 0.4) is 0 Å². The van der Waals surface area contributed by atoms with Crippen molar-refractivity contribution < 1.29 is 18.4 Å². The van der Waals surface area contributed by atoms with Crippen LogP contribution in [0, 0.1) is 11.8 Å². The summed E-state index contributed by atoms with van der Waals surface area (Å²) in [5, 5.41) is 2.83. The van der Waals surface area contributed by atoms with Crippen LogP contribution in [0.2, 0.25) is 0 Å². The largest absolute Gasteiger partial charge is 0.338 e. The summed E-state index contributed by atoms with van der Waals surface area (Å²) < 4.78 is 27.0. The van der Waals surface area contributed by atoms with E-state index in [1.54, 1.807) is 4.90 Å². The Hall–Kier alpha value is -2.18. The maximum Gasteiger partial charge on any atom is 0.317 e. The summed E-state index contributed by atoms with van der Waals surface area (Å²) in [6.45, 7) is 2.08. The molecule has 1 aliphatic carbocycles. The van der Waals surface area contributed by atoms with Crippen LogP contribution in [0.15, 0.2) is 24.3 Å². The fourth-order valence-electron chi connectivity index (χ4n) is 4.91. The number of hydrogen-bond acceptors (Lipinski definition) is 2. The molecule has 2 heterocycles. The summed E-state index contributed by atoms with van der Waals surface area (Å²) in [6.07, 6.45) is 3.26. The molecule has 0 radical (unpaired) electrons. The van der Waals surface area contributed by atoms with Gasteiger partial charge in [0.2, 0.25) is 11.8 Å². The van der Waals surface area contributed by atoms with Gasteiger partial charge < -0.3 is 15.1 Å². The van der Waals surface area contributed by atoms with Crippen LogP contribution in [0.25, 0.3) is 0 Å². The van der Waals surface area contributed by atoms with Crippen molar-refractivity contribution in [2.45, 2.75) is 50.9 Å². The molecule has 0 bridgehead atoms. The van der Waals surface area contributed by atoms with Crippen LogP contribution in [0.1, 0.15) is 44.1 Å². The van der Waals surface area contributed by atoms with Gasteiger partial charge in [0.15, 0.2) is 0 Å². The SMILES string of the molecule is O=C(NCC1CCCC(F)(F)C1)N1CCC(C(=O)N2CCc3ccccc32)CC1. The quantitative estimate of drug-likeness (QED) is 0.831. The second-order valence-corrected chi connectivity index (χ2v) is 8.63. The second kappa shape index (κ2) is 8.28. The number of amides is 3. The number of anilines is 1. The molecular weight excluding hydrogens is 376 g/mol. The maximum atomic E-state index is 13.5. The molecule has 1 saturated heterocycles. The highest BCUT2D eigenvalue weighted by atomic mass is 19.3. The summed E-state index contributed by atoms with van der Waals surface area (Å²) in [6, 6.07) is 7.82. The van der Waals surface area contributed by atoms with Gasteiger partial charge >= 0.3 is 6.03 Å². The molecule has 1 aromatic rings. The Morgan fingerprint density at radius 3 is 2.62 bits per heavy atom. The number of alkyl halides is 2. The second-order valence-electron chi connectivity index (χ2n) is 8.63. The molecule has 2 aliphatic heterocycles. The topological polar surface area (TPSA) is 52.7 Å². The van der Waals surface area contributed by atoms with E-state index in [1.165, 1.54) is 5.56 Å². The highest BCUT2D eigenvalue weighted by molar-refractivity contribution is 5.97. The standard InChI is InChI=1S/C22H29F2N3O2/c23-22(24)10-3-4-16(14-22)15-25-21(29)26-11-7-18(8-12-26)20(28)27-13-9-17-5-1-2-6-19(17)27/h1-2,5-6,16,18H,3-4,7-15H2,(H,25,29). The van der Waals surface area contributed by atoms with Gasteiger partial charge in [-0.1, -0.05) is 18.2 Å². The average Bonchev–Trinajstić information content (AvgIpc) is 3.15. The van der Waals surface area contributed by atoms with Gasteiger partial charge in [-0.25, -0.2) is 13.6 Å². The molecule has 1 unspecified atom stereocenters. The number of carbonyl (C=O) groups is 2. The van der Waals surface area contributed by atoms with Crippen molar-refractivity contribution in [2.75, 3.05) is 31.1 Å². The molecule has 1 saturated carbocycles. The molecular formula is C22H29F2N3O2. The molecule has 7 heteroatoms. The van der Waals surface area contributed by atoms with Crippen LogP contribution in [0.5, 0.6) is 0 Å². The Kier molecular flexibility index (Phi) is 5.74. The summed E-state index contributed by atoms with van der Waals surface area (Å²) in [5.41, 5.74) is 2.23. The minimum Gasteiger partial charge on any atom is -0.338 e. The van der Waals surface area contributed by atoms with E-state index in [9.17, 15) is 18.4 Å². The lowest BCUT2D eigenvalue weighted by atomic mass is 9.86. The first-order valence-electron chi connectivity index (χ1n) is 10.7. The van der Waals surface area contributed by atoms with Crippen molar-refractivity contribution in [3.8, 4) is 0 Å². The molecule has 5 nitrogen and oxygen atoms in total. The smallest absolute Gasteiger partial charge is 0.317 e. The monoisotopic (exact) mass is 405 g/mol. The zero-order valence-corrected chi connectivity index (χ0v) is 16.7. The number of piperidine rings is 1. The van der Waals surface area contributed by atoms with Crippen LogP contribution in [-0.4, -0.2) is 48.9 Å². The fourth-order valence-corrected chi connectivity index (χ4v) is 4.91. The highest BCUT2D eigenvalue weighted by Crippen LogP contribution is 2.36. The summed E-state index contributed by atoms with van der Waals surface area (Å²) >= 11 is 0. The minimum atomic E-state index is -2.60. The van der Waals surface area contributed by atoms with E-state index >= 15 is 0 Å². The molecule has 2 fully saturated rings. The lowest BCUT2D eigenvalue weighted by molar-refractivity contribution is -0.123. The van der Waals surface area contributed by atoms with Crippen molar-refractivity contribution in [2.24, 2.45) is 11.8 Å². The van der Waals surface area contributed by atoms with Gasteiger partial charge in [-0.15, -0.1) is 0 Å². The Balaban J connectivity index is 1.24. The first kappa shape index (κ1) is 20.1. The zero-order valence-electron chi connectivity index (χ0n) is 16.7. The van der Waals surface area contributed by atoms with Gasteiger partial charge in [0.05, 0.1) is 0 Å². The van der Waals surface area contributed by atoms with Crippen LogP contribution in [-0.2, 0) is 11.2 Å². The van der Waals surface area contributed by atoms with E-state index in [0.29, 0.717) is 38.9 Å². The third-order valence-electron chi connectivity index (χ3n) is 6.57. The summed E-state index contributed by atoms with van der Waals surface area (Å²) in [4.78, 5) is 29.0. The van der Waals surface area contributed by atoms with E-state index in [1.807, 2.05) is 23.1 Å². The number of fused-ring (bicyclic) bond motifs is 1. The highest BCUT2D eigenvalue weighted by Gasteiger charge is 2.37. The van der Waals surface area contributed by atoms with E-state index < -0.39 is 5.92 Å². The number of para-hydroxylation sites is 1. The number of rotatable bonds is 3. The van der Waals surface area contributed by atoms with Crippen molar-refractivity contribution in [3.05, 3.63) is 29.8 Å². The molecule has 3 amide bonds. The molecule has 1 aromatic carbocycles. The predicted molar refractivity (Wildman–Crippen MR) is 107 cm³/mol. The van der Waals surface area contributed by atoms with E-state index in [4.69, 9.17) is 0 Å². The van der Waals surface area contributed by atoms with Gasteiger partial charge in [0.25, 0.3) is 0 Å². The molecule has 1 N–H and O–H groups in total. The van der Waals surface area contributed by atoms with E-state index in [-0.39, 0.29) is 36.6 Å². The van der Waals surface area contributed by atoms with E-state index in [0.717, 1.165) is 25.1 Å². The Bertz CT molecular complexity index is 762. The van der Waals surface area contributed by atoms with Gasteiger partial charge in [0.1, 0.15) is 0 Å². The van der Waals surface area contributed by atoms with E-state index in [2.05, 4.69) is 11.4 Å². The summed E-state index contributed by atoms with van der Waals surface area (Å²) in [7, 11) is 0. The normalized spacial score (nSPS) is 24.3. The van der Waals surface area contributed by atoms with Crippen LogP contribution >= 0.6 is 0 Å². The lowest BCUT2D eigenvalue weighted by Gasteiger charge is -2.34. The van der Waals surface area contributed by atoms with Crippen molar-refractivity contribution >= 4 is 17.6 Å². The number of likely N-dealkylation sites (tertiary alicyclic amines) is 1. The van der Waals surface area contributed by atoms with Crippen LogP contribution < -0.4 is 10.2 Å². The molecule has 4 rings (SSSR count). The number of nitrogens with one attached hydrogen (secondary N) is 1. The van der Waals surface area contributed by atoms with Gasteiger partial charge in [0, 0.05) is 50.6 Å². The third-order valence-corrected chi connectivity index (χ3v) is 6.57. The Morgan fingerprint density at radius 1 is 1.10 bits per heavy atom. The predicted octanol–water partition coefficient (Wildman–Crippen LogP) is 3.82. The van der Waals surface area contributed by atoms with Crippen LogP contribution in [0.4, 0.5) is 19.3 Å². The maximum absolute atomic E-state index is 13.5. The number of benzene rings is 1. The number of halogens is 2. The first-order chi connectivity index (χ1) is 13.9. The third kappa shape index (κ3) is 4.54. The molecule has 1 atom stereocenters. The van der Waals surface area contributed by atoms with Crippen molar-refractivity contribution in [3.63, 3.8) is 0 Å². The average molecular weight is 405 g/mol. The number of urea groups is 1. The number of hydrogen-bond donors (Lipinski definition) is 1. The molecule has 158 valence electrons. The summed E-state index contributed by atoms with van der Waals surface area (Å²) in [5.74, 6) is -2.67. The molecule has 0 spiro atoms. The van der Waals surface area contributed by atoms with Gasteiger partial charge in [-0.2, -0.15) is 0 Å². The first-order valence-corrected chi connectivity index (χ1v) is 10.7. The number of carbonyl (C=O) groups excluding carboxylic acids is 2. The molecule has 3 aliphatic rings. The molecule has 0 aromatic heterocycles. The lowest BCUT2D eigenvalue weighted by Crippen LogP contribution is -2.48. The van der Waals surface area contributed by atoms with Crippen molar-refractivity contribution in [1.82, 2.24) is 10.2 Å². The number of nitrogens with zero attached hydrogens (tertiary/aromatic N) is 2. The van der Waals surface area contributed by atoms with Gasteiger partial charge in [-0.3, -0.25) is 4.79 Å².